The molecule has 9 nitrogen and oxygen atoms in total. The van der Waals surface area contributed by atoms with Gasteiger partial charge in [0.2, 0.25) is 5.78 Å². The van der Waals surface area contributed by atoms with Crippen LogP contribution in [-0.2, 0) is 4.57 Å². The van der Waals surface area contributed by atoms with E-state index in [9.17, 15) is 24.3 Å². The highest BCUT2D eigenvalue weighted by atomic mass is 31.2. The third-order valence-corrected chi connectivity index (χ3v) is 6.86. The predicted molar refractivity (Wildman–Crippen MR) is 132 cm³/mol. The van der Waals surface area contributed by atoms with Crippen LogP contribution in [-0.4, -0.2) is 16.5 Å². The van der Waals surface area contributed by atoms with Gasteiger partial charge in [0, 0.05) is 17.2 Å². The number of hydrogen-bond acceptors (Lipinski definition) is 7. The van der Waals surface area contributed by atoms with Gasteiger partial charge in [-0.3, -0.25) is 24.8 Å². The summed E-state index contributed by atoms with van der Waals surface area (Å²) in [7, 11) is -4.21. The van der Waals surface area contributed by atoms with E-state index in [-0.39, 0.29) is 39.4 Å². The molecule has 5 rings (SSSR count). The summed E-state index contributed by atoms with van der Waals surface area (Å²) in [5.74, 6) is -0.814. The van der Waals surface area contributed by atoms with Crippen LogP contribution >= 0.6 is 7.75 Å². The molecule has 10 heteroatoms. The summed E-state index contributed by atoms with van der Waals surface area (Å²) in [5.41, 5.74) is -0.958. The molecular weight excluding hydrogens is 483 g/mol. The summed E-state index contributed by atoms with van der Waals surface area (Å²) in [6.45, 7) is 0. The van der Waals surface area contributed by atoms with E-state index in [1.54, 1.807) is 60.7 Å². The molecule has 0 fully saturated rings. The van der Waals surface area contributed by atoms with Crippen LogP contribution in [0.5, 0.6) is 11.5 Å². The Morgan fingerprint density at radius 1 is 0.667 bits per heavy atom. The van der Waals surface area contributed by atoms with Gasteiger partial charge in [0.25, 0.3) is 5.69 Å². The zero-order chi connectivity index (χ0) is 25.3. The van der Waals surface area contributed by atoms with Gasteiger partial charge < -0.3 is 9.05 Å². The molecule has 0 heterocycles. The maximum Gasteiger partial charge on any atom is 0.541 e. The summed E-state index contributed by atoms with van der Waals surface area (Å²) in [4.78, 5) is 37.5. The molecule has 0 aliphatic heterocycles. The lowest BCUT2D eigenvalue weighted by Crippen LogP contribution is -2.24. The van der Waals surface area contributed by atoms with E-state index in [0.717, 1.165) is 0 Å². The van der Waals surface area contributed by atoms with E-state index < -0.39 is 29.9 Å². The van der Waals surface area contributed by atoms with E-state index in [1.807, 2.05) is 0 Å². The van der Waals surface area contributed by atoms with Crippen molar-refractivity contribution in [2.75, 3.05) is 5.09 Å². The average Bonchev–Trinajstić information content (AvgIpc) is 2.87. The molecule has 36 heavy (non-hydrogen) atoms. The lowest BCUT2D eigenvalue weighted by atomic mass is 9.82. The van der Waals surface area contributed by atoms with Crippen molar-refractivity contribution in [1.82, 2.24) is 0 Å². The van der Waals surface area contributed by atoms with Crippen molar-refractivity contribution >= 4 is 30.7 Å². The van der Waals surface area contributed by atoms with E-state index >= 15 is 0 Å². The van der Waals surface area contributed by atoms with E-state index in [0.29, 0.717) is 0 Å². The van der Waals surface area contributed by atoms with Crippen LogP contribution in [0.2, 0.25) is 0 Å². The molecule has 0 spiro atoms. The number of nitrogens with one attached hydrogen (secondary N) is 1. The Hall–Kier alpha value is -4.75. The fourth-order valence-electron chi connectivity index (χ4n) is 3.92. The second-order valence-corrected chi connectivity index (χ2v) is 9.34. The summed E-state index contributed by atoms with van der Waals surface area (Å²) in [6, 6.07) is 24.8. The molecular formula is C26H17N2O7P. The fourth-order valence-corrected chi connectivity index (χ4v) is 5.33. The Morgan fingerprint density at radius 3 is 1.72 bits per heavy atom. The molecule has 0 aromatic heterocycles. The molecule has 4 aromatic carbocycles. The number of hydrogen-bond donors (Lipinski definition) is 1. The van der Waals surface area contributed by atoms with Crippen LogP contribution < -0.4 is 14.1 Å². The highest BCUT2D eigenvalue weighted by Crippen LogP contribution is 2.50. The molecule has 0 saturated carbocycles. The van der Waals surface area contributed by atoms with Crippen LogP contribution in [0.4, 0.5) is 11.4 Å². The number of para-hydroxylation sites is 2. The number of fused-ring (bicyclic) bond motifs is 2. The monoisotopic (exact) mass is 500 g/mol. The molecule has 0 atom stereocenters. The summed E-state index contributed by atoms with van der Waals surface area (Å²) in [5, 5.41) is 14.2. The molecule has 0 saturated heterocycles. The number of ketones is 2. The largest absolute Gasteiger partial charge is 0.541 e. The molecule has 178 valence electrons. The van der Waals surface area contributed by atoms with Crippen molar-refractivity contribution in [3.05, 3.63) is 129 Å². The Kier molecular flexibility index (Phi) is 5.83. The van der Waals surface area contributed by atoms with Crippen LogP contribution in [0.3, 0.4) is 0 Å². The van der Waals surface area contributed by atoms with Crippen LogP contribution in [0, 0.1) is 10.1 Å². The minimum Gasteiger partial charge on any atom is -0.400 e. The van der Waals surface area contributed by atoms with Crippen molar-refractivity contribution in [1.29, 1.82) is 0 Å². The number of rotatable bonds is 7. The number of anilines is 1. The summed E-state index contributed by atoms with van der Waals surface area (Å²) < 4.78 is 25.4. The first kappa shape index (κ1) is 23.0. The molecule has 0 bridgehead atoms. The lowest BCUT2D eigenvalue weighted by Gasteiger charge is -2.24. The molecule has 4 aromatic rings. The van der Waals surface area contributed by atoms with Gasteiger partial charge in [0.15, 0.2) is 5.78 Å². The van der Waals surface area contributed by atoms with Gasteiger partial charge >= 0.3 is 7.75 Å². The Labute approximate surface area is 205 Å². The van der Waals surface area contributed by atoms with Gasteiger partial charge in [-0.05, 0) is 36.4 Å². The first-order valence-corrected chi connectivity index (χ1v) is 12.3. The number of nitrogens with zero attached hydrogens (tertiary/aromatic N) is 1. The van der Waals surface area contributed by atoms with Crippen LogP contribution in [0.25, 0.3) is 0 Å². The normalized spacial score (nSPS) is 12.3. The maximum atomic E-state index is 13.9. The van der Waals surface area contributed by atoms with Crippen molar-refractivity contribution in [2.45, 2.75) is 0 Å². The third kappa shape index (κ3) is 4.23. The van der Waals surface area contributed by atoms with E-state index in [4.69, 9.17) is 9.05 Å². The second kappa shape index (κ2) is 9.13. The Morgan fingerprint density at radius 2 is 1.17 bits per heavy atom. The standard InChI is InChI=1S/C26H17N2O7P/c29-25-20-14-8-16-22(28(31)32)24(20)26(30)19-13-7-15-21(23(19)25)27-36(33,34-17-9-3-1-4-10-17)35-18-11-5-2-6-12-18/h1-16H,(H,27,33). The quantitative estimate of drug-likeness (QED) is 0.163. The van der Waals surface area contributed by atoms with Gasteiger partial charge in [0.05, 0.1) is 16.2 Å². The molecule has 1 aliphatic rings. The van der Waals surface area contributed by atoms with Crippen LogP contribution in [0.1, 0.15) is 31.8 Å². The maximum absolute atomic E-state index is 13.9. The molecule has 1 aliphatic carbocycles. The first-order chi connectivity index (χ1) is 17.4. The van der Waals surface area contributed by atoms with Crippen LogP contribution in [0.15, 0.2) is 97.1 Å². The SMILES string of the molecule is O=C1c2cccc([N+](=O)[O-])c2C(=O)c2cccc(NP(=O)(Oc3ccccc3)Oc3ccccc3)c21. The number of nitro benzene ring substituents is 1. The number of nitro groups is 1. The van der Waals surface area contributed by atoms with Crippen molar-refractivity contribution in [3.63, 3.8) is 0 Å². The number of carbonyl (C=O) groups is 2. The Balaban J connectivity index is 1.59. The second-order valence-electron chi connectivity index (χ2n) is 7.76. The van der Waals surface area contributed by atoms with Crippen molar-refractivity contribution in [2.24, 2.45) is 0 Å². The van der Waals surface area contributed by atoms with Crippen molar-refractivity contribution < 1.29 is 28.1 Å². The average molecular weight is 500 g/mol. The molecule has 0 unspecified atom stereocenters. The molecule has 0 radical (unpaired) electrons. The molecule has 0 amide bonds. The van der Waals surface area contributed by atoms with Gasteiger partial charge in [-0.15, -0.1) is 0 Å². The molecule has 1 N–H and O–H groups in total. The number of benzene rings is 4. The predicted octanol–water partition coefficient (Wildman–Crippen LogP) is 6.05. The topological polar surface area (TPSA) is 125 Å². The number of carbonyl (C=O) groups excluding carboxylic acids is 2. The van der Waals surface area contributed by atoms with Crippen molar-refractivity contribution in [3.8, 4) is 11.5 Å². The highest BCUT2D eigenvalue weighted by Gasteiger charge is 2.39. The van der Waals surface area contributed by atoms with Gasteiger partial charge in [-0.2, -0.15) is 0 Å². The lowest BCUT2D eigenvalue weighted by molar-refractivity contribution is -0.385. The summed E-state index contributed by atoms with van der Waals surface area (Å²) >= 11 is 0. The Bertz CT molecular complexity index is 1510. The smallest absolute Gasteiger partial charge is 0.400 e. The van der Waals surface area contributed by atoms with Gasteiger partial charge in [-0.25, -0.2) is 4.57 Å². The van der Waals surface area contributed by atoms with E-state index in [1.165, 1.54) is 36.4 Å². The van der Waals surface area contributed by atoms with E-state index in [2.05, 4.69) is 5.09 Å². The highest BCUT2D eigenvalue weighted by molar-refractivity contribution is 7.56. The zero-order valence-electron chi connectivity index (χ0n) is 18.5. The third-order valence-electron chi connectivity index (χ3n) is 5.44. The fraction of sp³-hybridized carbons (Fsp3) is 0. The minimum absolute atomic E-state index is 0.0261. The van der Waals surface area contributed by atoms with Gasteiger partial charge in [-0.1, -0.05) is 54.6 Å². The first-order valence-electron chi connectivity index (χ1n) is 10.7. The summed E-state index contributed by atoms with van der Waals surface area (Å²) in [6.07, 6.45) is 0. The van der Waals surface area contributed by atoms with Gasteiger partial charge in [0.1, 0.15) is 17.1 Å². The zero-order valence-corrected chi connectivity index (χ0v) is 19.4. The minimum atomic E-state index is -4.21.